The number of nitrogens with zero attached hydrogens (tertiary/aromatic N) is 1. The van der Waals surface area contributed by atoms with Gasteiger partial charge in [-0.25, -0.2) is 4.79 Å². The van der Waals surface area contributed by atoms with Gasteiger partial charge in [0.05, 0.1) is 0 Å². The molecule has 1 rings (SSSR count). The molecule has 0 saturated heterocycles. The van der Waals surface area contributed by atoms with Crippen molar-refractivity contribution >= 4 is 6.09 Å². The first-order valence-electron chi connectivity index (χ1n) is 6.40. The standard InChI is InChI=1S/C13H25NO3/c1-13(2,3)14(4)12(16)17-11-7-5-10(9-15)6-8-11/h10-11,15H,5-9H2,1-4H3. The summed E-state index contributed by atoms with van der Waals surface area (Å²) >= 11 is 0. The van der Waals surface area contributed by atoms with Crippen molar-refractivity contribution in [3.63, 3.8) is 0 Å². The molecule has 0 atom stereocenters. The fourth-order valence-electron chi connectivity index (χ4n) is 1.93. The Morgan fingerprint density at radius 2 is 1.82 bits per heavy atom. The second kappa shape index (κ2) is 5.71. The minimum absolute atomic E-state index is 0.0232. The second-order valence-electron chi connectivity index (χ2n) is 5.94. The van der Waals surface area contributed by atoms with Crippen LogP contribution < -0.4 is 0 Å². The summed E-state index contributed by atoms with van der Waals surface area (Å²) < 4.78 is 5.48. The maximum atomic E-state index is 11.9. The summed E-state index contributed by atoms with van der Waals surface area (Å²) in [5, 5.41) is 9.04. The van der Waals surface area contributed by atoms with Crippen LogP contribution in [0.4, 0.5) is 4.79 Å². The van der Waals surface area contributed by atoms with Crippen molar-refractivity contribution in [2.24, 2.45) is 5.92 Å². The predicted molar refractivity (Wildman–Crippen MR) is 66.8 cm³/mol. The lowest BCUT2D eigenvalue weighted by molar-refractivity contribution is 0.0215. The normalized spacial score (nSPS) is 25.5. The molecule has 1 aliphatic carbocycles. The summed E-state index contributed by atoms with van der Waals surface area (Å²) in [5.41, 5.74) is -0.209. The van der Waals surface area contributed by atoms with Gasteiger partial charge in [-0.2, -0.15) is 0 Å². The smallest absolute Gasteiger partial charge is 0.410 e. The zero-order valence-electron chi connectivity index (χ0n) is 11.4. The van der Waals surface area contributed by atoms with Crippen molar-refractivity contribution in [1.29, 1.82) is 0 Å². The monoisotopic (exact) mass is 243 g/mol. The molecule has 17 heavy (non-hydrogen) atoms. The molecule has 1 aliphatic rings. The van der Waals surface area contributed by atoms with E-state index in [4.69, 9.17) is 9.84 Å². The van der Waals surface area contributed by atoms with Gasteiger partial charge in [-0.1, -0.05) is 0 Å². The fourth-order valence-corrected chi connectivity index (χ4v) is 1.93. The van der Waals surface area contributed by atoms with Gasteiger partial charge in [-0.15, -0.1) is 0 Å². The molecule has 1 amide bonds. The largest absolute Gasteiger partial charge is 0.446 e. The Labute approximate surface area is 104 Å². The molecule has 0 aromatic rings. The average Bonchev–Trinajstić information content (AvgIpc) is 2.27. The van der Waals surface area contributed by atoms with Crippen LogP contribution in [-0.4, -0.2) is 41.4 Å². The number of ether oxygens (including phenoxy) is 1. The maximum absolute atomic E-state index is 11.9. The molecule has 0 heterocycles. The third-order valence-electron chi connectivity index (χ3n) is 3.60. The number of aliphatic hydroxyl groups is 1. The quantitative estimate of drug-likeness (QED) is 0.810. The first-order valence-corrected chi connectivity index (χ1v) is 6.40. The molecule has 1 saturated carbocycles. The Balaban J connectivity index is 2.38. The predicted octanol–water partition coefficient (Wildman–Crippen LogP) is 2.40. The van der Waals surface area contributed by atoms with Gasteiger partial charge < -0.3 is 14.7 Å². The number of amides is 1. The molecule has 4 nitrogen and oxygen atoms in total. The highest BCUT2D eigenvalue weighted by molar-refractivity contribution is 5.68. The van der Waals surface area contributed by atoms with Crippen molar-refractivity contribution in [2.75, 3.05) is 13.7 Å². The summed E-state index contributed by atoms with van der Waals surface area (Å²) in [4.78, 5) is 13.5. The molecule has 0 bridgehead atoms. The summed E-state index contributed by atoms with van der Waals surface area (Å²) in [5.74, 6) is 0.394. The van der Waals surface area contributed by atoms with Gasteiger partial charge in [0, 0.05) is 19.2 Å². The first kappa shape index (κ1) is 14.3. The molecule has 1 N–H and O–H groups in total. The number of carbonyl (C=O) groups excluding carboxylic acids is 1. The molecule has 0 aromatic heterocycles. The Morgan fingerprint density at radius 3 is 2.24 bits per heavy atom. The number of carbonyl (C=O) groups is 1. The van der Waals surface area contributed by atoms with Crippen LogP contribution in [0.25, 0.3) is 0 Å². The van der Waals surface area contributed by atoms with Gasteiger partial charge in [-0.3, -0.25) is 0 Å². The van der Waals surface area contributed by atoms with E-state index in [9.17, 15) is 4.79 Å². The zero-order chi connectivity index (χ0) is 13.1. The van der Waals surface area contributed by atoms with E-state index >= 15 is 0 Å². The Bertz CT molecular complexity index is 252. The lowest BCUT2D eigenvalue weighted by Crippen LogP contribution is -2.44. The van der Waals surface area contributed by atoms with Crippen LogP contribution >= 0.6 is 0 Å². The lowest BCUT2D eigenvalue weighted by atomic mass is 9.88. The highest BCUT2D eigenvalue weighted by Gasteiger charge is 2.28. The van der Waals surface area contributed by atoms with Crippen molar-refractivity contribution < 1.29 is 14.6 Å². The van der Waals surface area contributed by atoms with Gasteiger partial charge in [0.25, 0.3) is 0 Å². The van der Waals surface area contributed by atoms with Crippen LogP contribution in [0, 0.1) is 5.92 Å². The minimum Gasteiger partial charge on any atom is -0.446 e. The number of hydrogen-bond donors (Lipinski definition) is 1. The lowest BCUT2D eigenvalue weighted by Gasteiger charge is -2.34. The molecule has 0 aromatic carbocycles. The molecule has 0 unspecified atom stereocenters. The van der Waals surface area contributed by atoms with Gasteiger partial charge in [0.2, 0.25) is 0 Å². The van der Waals surface area contributed by atoms with Crippen LogP contribution in [0.3, 0.4) is 0 Å². The van der Waals surface area contributed by atoms with E-state index in [1.807, 2.05) is 20.8 Å². The van der Waals surface area contributed by atoms with E-state index in [-0.39, 0.29) is 24.3 Å². The second-order valence-corrected chi connectivity index (χ2v) is 5.94. The fraction of sp³-hybridized carbons (Fsp3) is 0.923. The maximum Gasteiger partial charge on any atom is 0.410 e. The summed E-state index contributed by atoms with van der Waals surface area (Å²) in [6.07, 6.45) is 3.42. The van der Waals surface area contributed by atoms with Crippen molar-refractivity contribution in [2.45, 2.75) is 58.1 Å². The zero-order valence-corrected chi connectivity index (χ0v) is 11.4. The highest BCUT2D eigenvalue weighted by atomic mass is 16.6. The number of aliphatic hydroxyl groups excluding tert-OH is 1. The van der Waals surface area contributed by atoms with Crippen molar-refractivity contribution in [3.8, 4) is 0 Å². The first-order chi connectivity index (χ1) is 7.84. The molecule has 0 radical (unpaired) electrons. The minimum atomic E-state index is -0.245. The van der Waals surface area contributed by atoms with E-state index in [0.29, 0.717) is 5.92 Å². The summed E-state index contributed by atoms with van der Waals surface area (Å²) in [6, 6.07) is 0. The molecule has 1 fully saturated rings. The molecule has 0 spiro atoms. The molecular weight excluding hydrogens is 218 g/mol. The average molecular weight is 243 g/mol. The van der Waals surface area contributed by atoms with Crippen LogP contribution in [0.1, 0.15) is 46.5 Å². The van der Waals surface area contributed by atoms with E-state index in [1.54, 1.807) is 11.9 Å². The van der Waals surface area contributed by atoms with Crippen LogP contribution in [0.2, 0.25) is 0 Å². The van der Waals surface area contributed by atoms with Crippen LogP contribution in [0.15, 0.2) is 0 Å². The van der Waals surface area contributed by atoms with Gasteiger partial charge >= 0.3 is 6.09 Å². The number of hydrogen-bond acceptors (Lipinski definition) is 3. The molecule has 0 aliphatic heterocycles. The van der Waals surface area contributed by atoms with Crippen molar-refractivity contribution in [3.05, 3.63) is 0 Å². The van der Waals surface area contributed by atoms with Gasteiger partial charge in [0.15, 0.2) is 0 Å². The van der Waals surface area contributed by atoms with Crippen molar-refractivity contribution in [1.82, 2.24) is 4.90 Å². The Kier molecular flexibility index (Phi) is 4.80. The van der Waals surface area contributed by atoms with Crippen LogP contribution in [0.5, 0.6) is 0 Å². The summed E-state index contributed by atoms with van der Waals surface area (Å²) in [7, 11) is 1.77. The highest BCUT2D eigenvalue weighted by Crippen LogP contribution is 2.26. The third kappa shape index (κ3) is 4.19. The number of rotatable bonds is 2. The topological polar surface area (TPSA) is 49.8 Å². The van der Waals surface area contributed by atoms with E-state index in [2.05, 4.69) is 0 Å². The van der Waals surface area contributed by atoms with E-state index in [1.165, 1.54) is 0 Å². The van der Waals surface area contributed by atoms with Gasteiger partial charge in [-0.05, 0) is 52.4 Å². The Morgan fingerprint density at radius 1 is 1.29 bits per heavy atom. The van der Waals surface area contributed by atoms with E-state index in [0.717, 1.165) is 25.7 Å². The third-order valence-corrected chi connectivity index (χ3v) is 3.60. The molecule has 4 heteroatoms. The van der Waals surface area contributed by atoms with Crippen LogP contribution in [-0.2, 0) is 4.74 Å². The summed E-state index contributed by atoms with van der Waals surface area (Å²) in [6.45, 7) is 6.20. The Hall–Kier alpha value is -0.770. The molecular formula is C13H25NO3. The van der Waals surface area contributed by atoms with E-state index < -0.39 is 0 Å². The molecule has 100 valence electrons. The van der Waals surface area contributed by atoms with Gasteiger partial charge in [0.1, 0.15) is 6.10 Å². The SMILES string of the molecule is CN(C(=O)OC1CCC(CO)CC1)C(C)(C)C.